The molecule has 3 rings (SSSR count). The van der Waals surface area contributed by atoms with E-state index in [0.29, 0.717) is 21.9 Å². The van der Waals surface area contributed by atoms with Crippen LogP contribution in [0.4, 0.5) is 0 Å². The SMILES string of the molecule is CC1CCC(NC(=O)c2ccc(SCC(=O)c3ccc(Cl)cc3)nc2)CC1. The van der Waals surface area contributed by atoms with Gasteiger partial charge in [-0.05, 0) is 68.0 Å². The molecule has 1 aromatic carbocycles. The van der Waals surface area contributed by atoms with Crippen LogP contribution in [-0.4, -0.2) is 28.5 Å². The van der Waals surface area contributed by atoms with Gasteiger partial charge in [-0.25, -0.2) is 4.98 Å². The highest BCUT2D eigenvalue weighted by Gasteiger charge is 2.20. The van der Waals surface area contributed by atoms with Gasteiger partial charge in [-0.1, -0.05) is 30.3 Å². The summed E-state index contributed by atoms with van der Waals surface area (Å²) in [6.45, 7) is 2.26. The second kappa shape index (κ2) is 9.38. The number of pyridine rings is 1. The van der Waals surface area contributed by atoms with E-state index in [9.17, 15) is 9.59 Å². The molecule has 0 aliphatic heterocycles. The molecule has 1 saturated carbocycles. The molecule has 1 aliphatic carbocycles. The standard InChI is InChI=1S/C21H23ClN2O2S/c1-14-2-9-18(10-3-14)24-21(26)16-6-11-20(23-12-16)27-13-19(25)15-4-7-17(22)8-5-15/h4-8,11-12,14,18H,2-3,9-10,13H2,1H3,(H,24,26). The fourth-order valence-corrected chi connectivity index (χ4v) is 3.99. The first kappa shape index (κ1) is 19.9. The van der Waals surface area contributed by atoms with Crippen molar-refractivity contribution < 1.29 is 9.59 Å². The summed E-state index contributed by atoms with van der Waals surface area (Å²) >= 11 is 7.20. The molecule has 27 heavy (non-hydrogen) atoms. The van der Waals surface area contributed by atoms with Crippen molar-refractivity contribution in [2.24, 2.45) is 5.92 Å². The lowest BCUT2D eigenvalue weighted by molar-refractivity contribution is 0.0921. The van der Waals surface area contributed by atoms with Gasteiger partial charge in [0, 0.05) is 22.8 Å². The molecule has 0 atom stereocenters. The number of carbonyl (C=O) groups excluding carboxylic acids is 2. The number of halogens is 1. The number of benzene rings is 1. The summed E-state index contributed by atoms with van der Waals surface area (Å²) in [6.07, 6.45) is 6.00. The van der Waals surface area contributed by atoms with Gasteiger partial charge in [0.2, 0.25) is 0 Å². The Balaban J connectivity index is 1.50. The summed E-state index contributed by atoms with van der Waals surface area (Å²) in [5.41, 5.74) is 1.19. The fourth-order valence-electron chi connectivity index (χ4n) is 3.13. The van der Waals surface area contributed by atoms with Crippen molar-refractivity contribution in [3.63, 3.8) is 0 Å². The monoisotopic (exact) mass is 402 g/mol. The number of thioether (sulfide) groups is 1. The van der Waals surface area contributed by atoms with Crippen molar-refractivity contribution >= 4 is 35.1 Å². The summed E-state index contributed by atoms with van der Waals surface area (Å²) in [5, 5.41) is 4.43. The second-order valence-corrected chi connectivity index (χ2v) is 8.47. The van der Waals surface area contributed by atoms with Gasteiger partial charge in [-0.3, -0.25) is 9.59 Å². The number of amides is 1. The molecule has 0 radical (unpaired) electrons. The molecule has 0 bridgehead atoms. The van der Waals surface area contributed by atoms with Crippen LogP contribution < -0.4 is 5.32 Å². The van der Waals surface area contributed by atoms with Crippen LogP contribution in [0.3, 0.4) is 0 Å². The molecule has 0 unspecified atom stereocenters. The van der Waals surface area contributed by atoms with Crippen LogP contribution in [0.1, 0.15) is 53.3 Å². The predicted molar refractivity (Wildman–Crippen MR) is 110 cm³/mol. The zero-order valence-corrected chi connectivity index (χ0v) is 16.9. The van der Waals surface area contributed by atoms with Crippen LogP contribution in [0.5, 0.6) is 0 Å². The second-order valence-electron chi connectivity index (χ2n) is 7.03. The highest BCUT2D eigenvalue weighted by atomic mass is 35.5. The number of nitrogens with one attached hydrogen (secondary N) is 1. The third-order valence-corrected chi connectivity index (χ3v) is 6.06. The van der Waals surface area contributed by atoms with E-state index in [4.69, 9.17) is 11.6 Å². The molecule has 1 aromatic heterocycles. The fraction of sp³-hybridized carbons (Fsp3) is 0.381. The van der Waals surface area contributed by atoms with Gasteiger partial charge in [0.05, 0.1) is 16.3 Å². The maximum Gasteiger partial charge on any atom is 0.253 e. The molecule has 0 saturated heterocycles. The first-order valence-electron chi connectivity index (χ1n) is 9.20. The topological polar surface area (TPSA) is 59.1 Å². The maximum absolute atomic E-state index is 12.4. The van der Waals surface area contributed by atoms with Crippen molar-refractivity contribution in [3.05, 3.63) is 58.7 Å². The maximum atomic E-state index is 12.4. The lowest BCUT2D eigenvalue weighted by Gasteiger charge is -2.26. The zero-order valence-electron chi connectivity index (χ0n) is 15.3. The first-order chi connectivity index (χ1) is 13.0. The number of aromatic nitrogens is 1. The number of nitrogens with zero attached hydrogens (tertiary/aromatic N) is 1. The Morgan fingerprint density at radius 2 is 1.74 bits per heavy atom. The van der Waals surface area contributed by atoms with E-state index >= 15 is 0 Å². The Labute approximate surface area is 169 Å². The molecule has 4 nitrogen and oxygen atoms in total. The smallest absolute Gasteiger partial charge is 0.253 e. The lowest BCUT2D eigenvalue weighted by atomic mass is 9.87. The summed E-state index contributed by atoms with van der Waals surface area (Å²) in [6, 6.07) is 10.7. The van der Waals surface area contributed by atoms with E-state index < -0.39 is 0 Å². The molecule has 1 amide bonds. The Hall–Kier alpha value is -1.85. The van der Waals surface area contributed by atoms with E-state index in [0.717, 1.165) is 23.8 Å². The number of rotatable bonds is 6. The van der Waals surface area contributed by atoms with Gasteiger partial charge >= 0.3 is 0 Å². The van der Waals surface area contributed by atoms with Crippen molar-refractivity contribution in [1.82, 2.24) is 10.3 Å². The molecular formula is C21H23ClN2O2S. The molecule has 1 N–H and O–H groups in total. The Morgan fingerprint density at radius 3 is 2.37 bits per heavy atom. The van der Waals surface area contributed by atoms with Crippen LogP contribution in [0.2, 0.25) is 5.02 Å². The number of Topliss-reactive ketones (excluding diaryl/α,β-unsaturated/α-hetero) is 1. The number of ketones is 1. The molecule has 1 aliphatic rings. The summed E-state index contributed by atoms with van der Waals surface area (Å²) in [5.74, 6) is 0.995. The normalized spacial score (nSPS) is 19.5. The van der Waals surface area contributed by atoms with Crippen molar-refractivity contribution in [1.29, 1.82) is 0 Å². The van der Waals surface area contributed by atoms with Gasteiger partial charge < -0.3 is 5.32 Å². The van der Waals surface area contributed by atoms with E-state index in [2.05, 4.69) is 17.2 Å². The largest absolute Gasteiger partial charge is 0.349 e. The third-order valence-electron chi connectivity index (χ3n) is 4.87. The van der Waals surface area contributed by atoms with Gasteiger partial charge in [-0.2, -0.15) is 0 Å². The Bertz CT molecular complexity index is 785. The van der Waals surface area contributed by atoms with Gasteiger partial charge in [0.25, 0.3) is 5.91 Å². The Kier molecular flexibility index (Phi) is 6.91. The number of hydrogen-bond acceptors (Lipinski definition) is 4. The van der Waals surface area contributed by atoms with Gasteiger partial charge in [0.1, 0.15) is 0 Å². The molecule has 142 valence electrons. The predicted octanol–water partition coefficient (Wildman–Crippen LogP) is 5.02. The Morgan fingerprint density at radius 1 is 1.07 bits per heavy atom. The zero-order chi connectivity index (χ0) is 19.2. The van der Waals surface area contributed by atoms with E-state index in [-0.39, 0.29) is 17.7 Å². The van der Waals surface area contributed by atoms with E-state index in [1.165, 1.54) is 24.6 Å². The van der Waals surface area contributed by atoms with E-state index in [1.54, 1.807) is 42.6 Å². The summed E-state index contributed by atoms with van der Waals surface area (Å²) in [4.78, 5) is 28.9. The van der Waals surface area contributed by atoms with Crippen LogP contribution in [0, 0.1) is 5.92 Å². The molecule has 0 spiro atoms. The van der Waals surface area contributed by atoms with E-state index in [1.807, 2.05) is 0 Å². The van der Waals surface area contributed by atoms with Crippen LogP contribution in [-0.2, 0) is 0 Å². The average molecular weight is 403 g/mol. The number of hydrogen-bond donors (Lipinski definition) is 1. The highest BCUT2D eigenvalue weighted by molar-refractivity contribution is 7.99. The minimum Gasteiger partial charge on any atom is -0.349 e. The summed E-state index contributed by atoms with van der Waals surface area (Å²) < 4.78 is 0. The van der Waals surface area contributed by atoms with Crippen LogP contribution in [0.15, 0.2) is 47.6 Å². The average Bonchev–Trinajstić information content (AvgIpc) is 2.69. The first-order valence-corrected chi connectivity index (χ1v) is 10.6. The molecule has 2 aromatic rings. The minimum atomic E-state index is -0.0733. The summed E-state index contributed by atoms with van der Waals surface area (Å²) in [7, 11) is 0. The molecular weight excluding hydrogens is 380 g/mol. The van der Waals surface area contributed by atoms with Crippen LogP contribution >= 0.6 is 23.4 Å². The van der Waals surface area contributed by atoms with Crippen molar-refractivity contribution in [2.45, 2.75) is 43.7 Å². The van der Waals surface area contributed by atoms with Crippen LogP contribution in [0.25, 0.3) is 0 Å². The quantitative estimate of drug-likeness (QED) is 0.544. The van der Waals surface area contributed by atoms with Gasteiger partial charge in [-0.15, -0.1) is 0 Å². The molecule has 1 fully saturated rings. The molecule has 1 heterocycles. The number of carbonyl (C=O) groups is 2. The lowest BCUT2D eigenvalue weighted by Crippen LogP contribution is -2.37. The van der Waals surface area contributed by atoms with Crippen molar-refractivity contribution in [3.8, 4) is 0 Å². The van der Waals surface area contributed by atoms with Crippen molar-refractivity contribution in [2.75, 3.05) is 5.75 Å². The van der Waals surface area contributed by atoms with Gasteiger partial charge in [0.15, 0.2) is 5.78 Å². The highest BCUT2D eigenvalue weighted by Crippen LogP contribution is 2.24. The minimum absolute atomic E-state index is 0.0202. The third kappa shape index (κ3) is 5.81. The molecule has 6 heteroatoms.